The van der Waals surface area contributed by atoms with Gasteiger partial charge in [0.25, 0.3) is 0 Å². The van der Waals surface area contributed by atoms with Crippen LogP contribution in [0.3, 0.4) is 0 Å². The average molecular weight is 488 g/mol. The number of aromatic nitrogens is 3. The number of hydrogen-bond acceptors (Lipinski definition) is 5. The zero-order chi connectivity index (χ0) is 25.1. The summed E-state index contributed by atoms with van der Waals surface area (Å²) in [5.74, 6) is 0.902. The van der Waals surface area contributed by atoms with Crippen molar-refractivity contribution in [3.8, 4) is 5.69 Å². The molecule has 1 saturated heterocycles. The summed E-state index contributed by atoms with van der Waals surface area (Å²) in [7, 11) is 0. The molecule has 0 saturated carbocycles. The van der Waals surface area contributed by atoms with Gasteiger partial charge < -0.3 is 15.3 Å². The van der Waals surface area contributed by atoms with Crippen molar-refractivity contribution in [2.45, 2.75) is 58.3 Å². The molecule has 7 nitrogen and oxygen atoms in total. The number of aliphatic carboxylic acids is 1. The van der Waals surface area contributed by atoms with Gasteiger partial charge in [-0.25, -0.2) is 9.67 Å². The zero-order valence-corrected chi connectivity index (χ0v) is 21.4. The molecule has 4 heterocycles. The van der Waals surface area contributed by atoms with Crippen molar-refractivity contribution in [1.82, 2.24) is 19.7 Å². The van der Waals surface area contributed by atoms with Crippen molar-refractivity contribution < 1.29 is 9.90 Å². The van der Waals surface area contributed by atoms with Gasteiger partial charge in [-0.05, 0) is 93.8 Å². The summed E-state index contributed by atoms with van der Waals surface area (Å²) < 4.78 is 1.94. The number of aryl methyl sites for hydroxylation is 4. The summed E-state index contributed by atoms with van der Waals surface area (Å²) in [5.41, 5.74) is 6.61. The van der Waals surface area contributed by atoms with Gasteiger partial charge in [-0.1, -0.05) is 18.2 Å². The molecule has 0 aliphatic carbocycles. The normalized spacial score (nSPS) is 18.6. The third-order valence-corrected chi connectivity index (χ3v) is 7.63. The topological polar surface area (TPSA) is 83.3 Å². The van der Waals surface area contributed by atoms with Crippen molar-refractivity contribution in [2.24, 2.45) is 5.92 Å². The van der Waals surface area contributed by atoms with E-state index in [1.165, 1.54) is 17.7 Å². The van der Waals surface area contributed by atoms with Crippen LogP contribution in [0.15, 0.2) is 42.5 Å². The van der Waals surface area contributed by atoms with Crippen molar-refractivity contribution in [2.75, 3.05) is 31.5 Å². The Kier molecular flexibility index (Phi) is 7.37. The number of carboxylic acids is 1. The second-order valence-electron chi connectivity index (χ2n) is 10.5. The molecule has 5 rings (SSSR count). The Balaban J connectivity index is 1.21. The molecular weight excluding hydrogens is 450 g/mol. The lowest BCUT2D eigenvalue weighted by molar-refractivity contribution is -0.137. The van der Waals surface area contributed by atoms with Crippen LogP contribution in [0.2, 0.25) is 0 Å². The number of hydrogen-bond donors (Lipinski definition) is 2. The molecule has 2 aromatic heterocycles. The highest BCUT2D eigenvalue weighted by Gasteiger charge is 2.27. The number of likely N-dealkylation sites (tertiary alicyclic amines) is 1. The Bertz CT molecular complexity index is 1220. The highest BCUT2D eigenvalue weighted by molar-refractivity contribution is 5.68. The van der Waals surface area contributed by atoms with Crippen LogP contribution < -0.4 is 5.32 Å². The first-order valence-electron chi connectivity index (χ1n) is 13.2. The lowest BCUT2D eigenvalue weighted by atomic mass is 9.94. The predicted octanol–water partition coefficient (Wildman–Crippen LogP) is 4.76. The summed E-state index contributed by atoms with van der Waals surface area (Å²) >= 11 is 0. The first-order chi connectivity index (χ1) is 17.4. The minimum atomic E-state index is -0.751. The molecule has 0 amide bonds. The van der Waals surface area contributed by atoms with Crippen molar-refractivity contribution >= 4 is 11.8 Å². The zero-order valence-electron chi connectivity index (χ0n) is 21.4. The molecule has 0 spiro atoms. The van der Waals surface area contributed by atoms with Gasteiger partial charge in [0.1, 0.15) is 5.82 Å². The summed E-state index contributed by atoms with van der Waals surface area (Å²) in [6, 6.07) is 14.7. The quantitative estimate of drug-likeness (QED) is 0.453. The van der Waals surface area contributed by atoms with E-state index < -0.39 is 5.97 Å². The number of carbonyl (C=O) groups is 1. The fourth-order valence-electron chi connectivity index (χ4n) is 5.79. The Morgan fingerprint density at radius 2 is 2.11 bits per heavy atom. The van der Waals surface area contributed by atoms with E-state index in [0.29, 0.717) is 5.92 Å². The van der Waals surface area contributed by atoms with E-state index in [2.05, 4.69) is 45.6 Å². The number of anilines is 1. The van der Waals surface area contributed by atoms with Crippen LogP contribution in [0, 0.1) is 19.8 Å². The van der Waals surface area contributed by atoms with Gasteiger partial charge in [-0.3, -0.25) is 4.79 Å². The molecule has 0 unspecified atom stereocenters. The highest BCUT2D eigenvalue weighted by atomic mass is 16.4. The van der Waals surface area contributed by atoms with Gasteiger partial charge in [0, 0.05) is 36.9 Å². The second kappa shape index (κ2) is 10.8. The molecule has 7 heteroatoms. The Hall–Kier alpha value is -3.19. The molecule has 2 aliphatic rings. The first-order valence-corrected chi connectivity index (χ1v) is 13.2. The van der Waals surface area contributed by atoms with Crippen molar-refractivity contribution in [1.29, 1.82) is 0 Å². The Morgan fingerprint density at radius 3 is 2.92 bits per heavy atom. The molecule has 190 valence electrons. The fraction of sp³-hybridized carbons (Fsp3) is 0.483. The van der Waals surface area contributed by atoms with E-state index in [1.807, 2.05) is 30.7 Å². The van der Waals surface area contributed by atoms with Gasteiger partial charge in [0.2, 0.25) is 0 Å². The maximum Gasteiger partial charge on any atom is 0.304 e. The van der Waals surface area contributed by atoms with Crippen LogP contribution in [0.25, 0.3) is 5.69 Å². The maximum atomic E-state index is 11.7. The molecule has 2 atom stereocenters. The van der Waals surface area contributed by atoms with Crippen molar-refractivity contribution in [3.05, 3.63) is 70.7 Å². The fourth-order valence-corrected chi connectivity index (χ4v) is 5.79. The number of carboxylic acid groups (broad SMARTS) is 1. The number of rotatable bonds is 9. The van der Waals surface area contributed by atoms with Gasteiger partial charge in [-0.15, -0.1) is 0 Å². The van der Waals surface area contributed by atoms with Gasteiger partial charge >= 0.3 is 5.97 Å². The molecule has 1 aromatic carbocycles. The number of nitrogens with zero attached hydrogens (tertiary/aromatic N) is 4. The molecule has 2 aliphatic heterocycles. The smallest absolute Gasteiger partial charge is 0.304 e. The minimum Gasteiger partial charge on any atom is -0.481 e. The van der Waals surface area contributed by atoms with Crippen molar-refractivity contribution in [3.63, 3.8) is 0 Å². The highest BCUT2D eigenvalue weighted by Crippen LogP contribution is 2.29. The van der Waals surface area contributed by atoms with Gasteiger partial charge in [-0.2, -0.15) is 5.10 Å². The monoisotopic (exact) mass is 487 g/mol. The van der Waals surface area contributed by atoms with Gasteiger partial charge in [0.05, 0.1) is 17.8 Å². The van der Waals surface area contributed by atoms with Crippen LogP contribution in [0.5, 0.6) is 0 Å². The molecular formula is C29H37N5O2. The molecule has 36 heavy (non-hydrogen) atoms. The summed E-state index contributed by atoms with van der Waals surface area (Å²) in [4.78, 5) is 19.1. The third kappa shape index (κ3) is 5.78. The summed E-state index contributed by atoms with van der Waals surface area (Å²) in [5, 5.41) is 17.7. The second-order valence-corrected chi connectivity index (χ2v) is 10.5. The van der Waals surface area contributed by atoms with Gasteiger partial charge in [0.15, 0.2) is 0 Å². The Morgan fingerprint density at radius 1 is 1.22 bits per heavy atom. The van der Waals surface area contributed by atoms with E-state index in [-0.39, 0.29) is 12.3 Å². The molecule has 0 bridgehead atoms. The number of fused-ring (bicyclic) bond motifs is 1. The van der Waals surface area contributed by atoms with Crippen LogP contribution in [-0.4, -0.2) is 56.9 Å². The van der Waals surface area contributed by atoms with Crippen LogP contribution in [-0.2, 0) is 17.6 Å². The summed E-state index contributed by atoms with van der Waals surface area (Å²) in [6.45, 7) is 7.87. The lowest BCUT2D eigenvalue weighted by Crippen LogP contribution is -2.28. The predicted molar refractivity (Wildman–Crippen MR) is 142 cm³/mol. The van der Waals surface area contributed by atoms with E-state index in [4.69, 9.17) is 4.98 Å². The molecule has 2 N–H and O–H groups in total. The van der Waals surface area contributed by atoms with Crippen LogP contribution in [0.1, 0.15) is 59.8 Å². The number of nitrogens with one attached hydrogen (secondary N) is 1. The Labute approximate surface area is 213 Å². The number of benzene rings is 1. The van der Waals surface area contributed by atoms with E-state index in [9.17, 15) is 9.90 Å². The maximum absolute atomic E-state index is 11.7. The SMILES string of the molecule is Cc1cc(C)n(-c2cccc([C@H](CC(=O)O)CN3CC[C@@H](CCc4ccc5c(n4)NCCC5)C3)c2)n1. The van der Waals surface area contributed by atoms with E-state index in [0.717, 1.165) is 80.3 Å². The number of pyridine rings is 1. The molecule has 1 fully saturated rings. The lowest BCUT2D eigenvalue weighted by Gasteiger charge is -2.24. The van der Waals surface area contributed by atoms with Crippen LogP contribution in [0.4, 0.5) is 5.82 Å². The van der Waals surface area contributed by atoms with Crippen LogP contribution >= 0.6 is 0 Å². The standard InChI is InChI=1S/C29H37N5O2/c1-20-15-21(2)34(32-20)27-7-3-5-24(16-27)25(17-28(35)36)19-33-14-12-22(18-33)8-10-26-11-9-23-6-4-13-30-29(23)31-26/h3,5,7,9,11,15-16,22,25H,4,6,8,10,12-14,17-19H2,1-2H3,(H,30,31)(H,35,36)/t22-,25-/m1/s1. The summed E-state index contributed by atoms with van der Waals surface area (Å²) in [6.07, 6.45) is 5.72. The minimum absolute atomic E-state index is 0.0495. The first kappa shape index (κ1) is 24.5. The van der Waals surface area contributed by atoms with E-state index in [1.54, 1.807) is 0 Å². The molecule has 3 aromatic rings. The largest absolute Gasteiger partial charge is 0.481 e. The average Bonchev–Trinajstić information content (AvgIpc) is 3.47. The van der Waals surface area contributed by atoms with E-state index >= 15 is 0 Å². The molecule has 0 radical (unpaired) electrons. The third-order valence-electron chi connectivity index (χ3n) is 7.63.